The van der Waals surface area contributed by atoms with E-state index in [1.165, 1.54) is 32.1 Å². The molecule has 166 valence electrons. The first-order valence-electron chi connectivity index (χ1n) is 11.5. The maximum atomic E-state index is 13.3. The number of nitrogens with zero attached hydrogens (tertiary/aromatic N) is 3. The fraction of sp³-hybridized carbons (Fsp3) is 0.542. The van der Waals surface area contributed by atoms with Gasteiger partial charge in [0.1, 0.15) is 5.82 Å². The zero-order valence-electron chi connectivity index (χ0n) is 18.1. The first-order chi connectivity index (χ1) is 15.0. The molecule has 2 heterocycles. The topological polar surface area (TPSA) is 107 Å². The molecule has 0 unspecified atom stereocenters. The fourth-order valence-corrected chi connectivity index (χ4v) is 5.00. The number of imidazole rings is 1. The van der Waals surface area contributed by atoms with Crippen molar-refractivity contribution in [3.8, 4) is 11.3 Å². The van der Waals surface area contributed by atoms with Crippen molar-refractivity contribution < 1.29 is 9.59 Å². The Morgan fingerprint density at radius 1 is 1.10 bits per heavy atom. The Balaban J connectivity index is 1.60. The molecule has 0 saturated heterocycles. The standard InChI is InChI=1S/C24H33N5O2/c25-19(11-12-22(26)30)24(31)29-14-13-28-16-20(18-9-5-2-6-10-18)27-23(28)21(29)15-17-7-3-1-4-8-17/h2,5-6,9-10,16-17,19,21H,1,3-4,7-8,11-15,25H2,(H2,26,30)/t19-,21-/m0/s1. The van der Waals surface area contributed by atoms with Gasteiger partial charge in [-0.1, -0.05) is 62.4 Å². The number of hydrogen-bond donors (Lipinski definition) is 2. The molecule has 0 radical (unpaired) electrons. The van der Waals surface area contributed by atoms with Crippen molar-refractivity contribution in [2.75, 3.05) is 6.54 Å². The number of hydrogen-bond acceptors (Lipinski definition) is 4. The third-order valence-corrected chi connectivity index (χ3v) is 6.72. The highest BCUT2D eigenvalue weighted by molar-refractivity contribution is 5.83. The van der Waals surface area contributed by atoms with E-state index >= 15 is 0 Å². The van der Waals surface area contributed by atoms with Gasteiger partial charge in [-0.15, -0.1) is 0 Å². The summed E-state index contributed by atoms with van der Waals surface area (Å²) in [5, 5.41) is 0. The lowest BCUT2D eigenvalue weighted by Crippen LogP contribution is -2.50. The van der Waals surface area contributed by atoms with Gasteiger partial charge in [-0.2, -0.15) is 0 Å². The minimum absolute atomic E-state index is 0.0820. The molecule has 0 spiro atoms. The second kappa shape index (κ2) is 9.64. The highest BCUT2D eigenvalue weighted by Gasteiger charge is 2.36. The van der Waals surface area contributed by atoms with E-state index in [4.69, 9.17) is 16.5 Å². The Kier molecular flexibility index (Phi) is 6.70. The highest BCUT2D eigenvalue weighted by atomic mass is 16.2. The van der Waals surface area contributed by atoms with Crippen LogP contribution in [0.1, 0.15) is 63.2 Å². The van der Waals surface area contributed by atoms with Crippen molar-refractivity contribution in [2.45, 2.75) is 70.0 Å². The predicted octanol–water partition coefficient (Wildman–Crippen LogP) is 3.00. The monoisotopic (exact) mass is 423 g/mol. The molecule has 7 heteroatoms. The number of amides is 2. The molecule has 2 amide bonds. The first kappa shape index (κ1) is 21.6. The van der Waals surface area contributed by atoms with Crippen LogP contribution in [-0.2, 0) is 16.1 Å². The molecule has 0 bridgehead atoms. The lowest BCUT2D eigenvalue weighted by Gasteiger charge is -2.39. The van der Waals surface area contributed by atoms with Crippen LogP contribution >= 0.6 is 0 Å². The summed E-state index contributed by atoms with van der Waals surface area (Å²) in [5.41, 5.74) is 13.5. The average Bonchev–Trinajstić information content (AvgIpc) is 3.23. The summed E-state index contributed by atoms with van der Waals surface area (Å²) in [7, 11) is 0. The fourth-order valence-electron chi connectivity index (χ4n) is 5.00. The van der Waals surface area contributed by atoms with E-state index in [-0.39, 0.29) is 24.8 Å². The Morgan fingerprint density at radius 2 is 1.84 bits per heavy atom. The lowest BCUT2D eigenvalue weighted by molar-refractivity contribution is -0.137. The molecule has 2 aliphatic rings. The normalized spacial score (nSPS) is 20.3. The van der Waals surface area contributed by atoms with Crippen LogP contribution in [0.5, 0.6) is 0 Å². The molecule has 1 aromatic heterocycles. The summed E-state index contributed by atoms with van der Waals surface area (Å²) in [6, 6.07) is 9.36. The van der Waals surface area contributed by atoms with Gasteiger partial charge in [-0.3, -0.25) is 9.59 Å². The quantitative estimate of drug-likeness (QED) is 0.714. The second-order valence-electron chi connectivity index (χ2n) is 8.94. The predicted molar refractivity (Wildman–Crippen MR) is 120 cm³/mol. The molecule has 1 aromatic carbocycles. The zero-order chi connectivity index (χ0) is 21.8. The molecule has 1 aliphatic heterocycles. The largest absolute Gasteiger partial charge is 0.370 e. The molecule has 2 aromatic rings. The van der Waals surface area contributed by atoms with Crippen molar-refractivity contribution >= 4 is 11.8 Å². The molecule has 1 saturated carbocycles. The number of fused-ring (bicyclic) bond motifs is 1. The van der Waals surface area contributed by atoms with E-state index in [1.807, 2.05) is 23.1 Å². The molecular formula is C24H33N5O2. The SMILES string of the molecule is NC(=O)CC[C@H](N)C(=O)N1CCn2cc(-c3ccccc3)nc2[C@@H]1CC1CCCCC1. The minimum atomic E-state index is -0.712. The average molecular weight is 424 g/mol. The van der Waals surface area contributed by atoms with Gasteiger partial charge >= 0.3 is 0 Å². The van der Waals surface area contributed by atoms with Gasteiger partial charge in [0.25, 0.3) is 0 Å². The smallest absolute Gasteiger partial charge is 0.240 e. The second-order valence-corrected chi connectivity index (χ2v) is 8.94. The van der Waals surface area contributed by atoms with Gasteiger partial charge in [0.15, 0.2) is 0 Å². The van der Waals surface area contributed by atoms with E-state index in [0.29, 0.717) is 19.0 Å². The van der Waals surface area contributed by atoms with Gasteiger partial charge in [0.2, 0.25) is 11.8 Å². The van der Waals surface area contributed by atoms with Crippen LogP contribution < -0.4 is 11.5 Å². The van der Waals surface area contributed by atoms with Crippen LogP contribution in [0.15, 0.2) is 36.5 Å². The van der Waals surface area contributed by atoms with Crippen LogP contribution in [-0.4, -0.2) is 38.9 Å². The van der Waals surface area contributed by atoms with Crippen LogP contribution in [0.25, 0.3) is 11.3 Å². The summed E-state index contributed by atoms with van der Waals surface area (Å²) in [4.78, 5) is 31.3. The highest BCUT2D eigenvalue weighted by Crippen LogP contribution is 2.37. The third-order valence-electron chi connectivity index (χ3n) is 6.72. The number of benzene rings is 1. The zero-order valence-corrected chi connectivity index (χ0v) is 18.1. The molecule has 1 aliphatic carbocycles. The summed E-state index contributed by atoms with van der Waals surface area (Å²) in [6.45, 7) is 1.31. The van der Waals surface area contributed by atoms with Crippen molar-refractivity contribution in [1.29, 1.82) is 0 Å². The Hall–Kier alpha value is -2.67. The summed E-state index contributed by atoms with van der Waals surface area (Å²) in [6.07, 6.45) is 9.66. The van der Waals surface area contributed by atoms with E-state index in [9.17, 15) is 9.59 Å². The van der Waals surface area contributed by atoms with Crippen LogP contribution in [0.3, 0.4) is 0 Å². The number of aromatic nitrogens is 2. The lowest BCUT2D eigenvalue weighted by atomic mass is 9.84. The van der Waals surface area contributed by atoms with Crippen LogP contribution in [0.2, 0.25) is 0 Å². The van der Waals surface area contributed by atoms with Crippen LogP contribution in [0.4, 0.5) is 0 Å². The minimum Gasteiger partial charge on any atom is -0.370 e. The maximum absolute atomic E-state index is 13.3. The third kappa shape index (κ3) is 4.98. The Labute approximate surface area is 183 Å². The van der Waals surface area contributed by atoms with Crippen molar-refractivity contribution in [2.24, 2.45) is 17.4 Å². The molecular weight excluding hydrogens is 390 g/mol. The summed E-state index contributed by atoms with van der Waals surface area (Å²) in [5.74, 6) is 1.02. The van der Waals surface area contributed by atoms with Crippen LogP contribution in [0, 0.1) is 5.92 Å². The number of carbonyl (C=O) groups excluding carboxylic acids is 2. The summed E-state index contributed by atoms with van der Waals surface area (Å²) < 4.78 is 2.20. The number of nitrogens with two attached hydrogens (primary N) is 2. The molecule has 7 nitrogen and oxygen atoms in total. The van der Waals surface area contributed by atoms with Gasteiger partial charge in [-0.25, -0.2) is 4.98 Å². The number of carbonyl (C=O) groups is 2. The van der Waals surface area contributed by atoms with E-state index in [0.717, 1.165) is 23.5 Å². The van der Waals surface area contributed by atoms with Crippen molar-refractivity contribution in [1.82, 2.24) is 14.5 Å². The Morgan fingerprint density at radius 3 is 2.55 bits per heavy atom. The summed E-state index contributed by atoms with van der Waals surface area (Å²) >= 11 is 0. The molecule has 1 fully saturated rings. The Bertz CT molecular complexity index is 904. The van der Waals surface area contributed by atoms with Crippen molar-refractivity contribution in [3.05, 3.63) is 42.4 Å². The number of primary amides is 1. The van der Waals surface area contributed by atoms with Gasteiger partial charge < -0.3 is 20.9 Å². The molecule has 4 N–H and O–H groups in total. The van der Waals surface area contributed by atoms with E-state index in [2.05, 4.69) is 22.9 Å². The first-order valence-corrected chi connectivity index (χ1v) is 11.5. The van der Waals surface area contributed by atoms with Gasteiger partial charge in [-0.05, 0) is 18.8 Å². The van der Waals surface area contributed by atoms with E-state index < -0.39 is 11.9 Å². The molecule has 4 rings (SSSR count). The van der Waals surface area contributed by atoms with Crippen molar-refractivity contribution in [3.63, 3.8) is 0 Å². The molecule has 2 atom stereocenters. The van der Waals surface area contributed by atoms with E-state index in [1.54, 1.807) is 0 Å². The number of rotatable bonds is 7. The van der Waals surface area contributed by atoms with Gasteiger partial charge in [0, 0.05) is 31.3 Å². The maximum Gasteiger partial charge on any atom is 0.240 e. The van der Waals surface area contributed by atoms with Gasteiger partial charge in [0.05, 0.1) is 17.8 Å². The molecule has 31 heavy (non-hydrogen) atoms.